The fourth-order valence-corrected chi connectivity index (χ4v) is 3.99. The predicted octanol–water partition coefficient (Wildman–Crippen LogP) is 5.37. The van der Waals surface area contributed by atoms with Crippen LogP contribution in [0.25, 0.3) is 22.0 Å². The lowest BCUT2D eigenvalue weighted by Gasteiger charge is -2.09. The summed E-state index contributed by atoms with van der Waals surface area (Å²) in [4.78, 5) is 20.7. The predicted molar refractivity (Wildman–Crippen MR) is 122 cm³/mol. The molecule has 1 heterocycles. The molecule has 5 nitrogen and oxygen atoms in total. The van der Waals surface area contributed by atoms with Crippen LogP contribution in [0, 0.1) is 0 Å². The van der Waals surface area contributed by atoms with Crippen molar-refractivity contribution in [2.24, 2.45) is 0 Å². The van der Waals surface area contributed by atoms with Gasteiger partial charge in [0.2, 0.25) is 0 Å². The fraction of sp³-hybridized carbons (Fsp3) is 0.125. The van der Waals surface area contributed by atoms with Gasteiger partial charge in [0.25, 0.3) is 0 Å². The van der Waals surface area contributed by atoms with Gasteiger partial charge in [-0.15, -0.1) is 11.8 Å². The lowest BCUT2D eigenvalue weighted by molar-refractivity contribution is 0.0693. The Labute approximate surface area is 179 Å². The minimum Gasteiger partial charge on any atom is -0.478 e. The zero-order valence-electron chi connectivity index (χ0n) is 16.5. The molecular formula is C24H21N3O2S. The SMILES string of the molecule is CSc1cc(-c2cc(NCCc3ccc4ccccc4c3)ncn2)ccc1C(=O)O. The molecule has 0 amide bonds. The van der Waals surface area contributed by atoms with Crippen LogP contribution in [0.4, 0.5) is 5.82 Å². The van der Waals surface area contributed by atoms with Gasteiger partial charge in [-0.25, -0.2) is 14.8 Å². The number of rotatable bonds is 7. The summed E-state index contributed by atoms with van der Waals surface area (Å²) in [5.41, 5.74) is 3.19. The van der Waals surface area contributed by atoms with Crippen molar-refractivity contribution < 1.29 is 9.90 Å². The Morgan fingerprint density at radius 3 is 2.63 bits per heavy atom. The second-order valence-electron chi connectivity index (χ2n) is 6.87. The van der Waals surface area contributed by atoms with Crippen LogP contribution in [0.15, 0.2) is 78.0 Å². The van der Waals surface area contributed by atoms with Crippen LogP contribution < -0.4 is 5.32 Å². The number of hydrogen-bond acceptors (Lipinski definition) is 5. The van der Waals surface area contributed by atoms with Crippen molar-refractivity contribution >= 4 is 34.3 Å². The average molecular weight is 416 g/mol. The smallest absolute Gasteiger partial charge is 0.336 e. The van der Waals surface area contributed by atoms with Crippen LogP contribution in [0.5, 0.6) is 0 Å². The van der Waals surface area contributed by atoms with Crippen LogP contribution in [-0.2, 0) is 6.42 Å². The van der Waals surface area contributed by atoms with E-state index in [9.17, 15) is 9.90 Å². The van der Waals surface area contributed by atoms with E-state index in [0.717, 1.165) is 30.0 Å². The molecule has 0 radical (unpaired) electrons. The molecule has 0 spiro atoms. The Hall–Kier alpha value is -3.38. The Bertz CT molecular complexity index is 1210. The summed E-state index contributed by atoms with van der Waals surface area (Å²) in [5, 5.41) is 15.1. The van der Waals surface area contributed by atoms with Gasteiger partial charge in [-0.1, -0.05) is 48.5 Å². The normalized spacial score (nSPS) is 10.8. The number of fused-ring (bicyclic) bond motifs is 1. The van der Waals surface area contributed by atoms with Crippen molar-refractivity contribution in [1.29, 1.82) is 0 Å². The summed E-state index contributed by atoms with van der Waals surface area (Å²) in [6.07, 6.45) is 4.27. The maximum atomic E-state index is 11.3. The molecule has 0 unspecified atom stereocenters. The topological polar surface area (TPSA) is 75.1 Å². The standard InChI is InChI=1S/C24H21N3O2S/c1-30-22-13-19(8-9-20(22)24(28)29)21-14-23(27-15-26-21)25-11-10-16-6-7-17-4-2-3-5-18(17)12-16/h2-9,12-15H,10-11H2,1H3,(H,28,29)(H,25,26,27). The lowest BCUT2D eigenvalue weighted by Crippen LogP contribution is -2.06. The number of carboxylic acid groups (broad SMARTS) is 1. The van der Waals surface area contributed by atoms with Crippen molar-refractivity contribution in [2.75, 3.05) is 18.1 Å². The molecule has 150 valence electrons. The Kier molecular flexibility index (Phi) is 5.95. The third-order valence-corrected chi connectivity index (χ3v) is 5.71. The second kappa shape index (κ2) is 8.97. The quantitative estimate of drug-likeness (QED) is 0.395. The number of hydrogen-bond donors (Lipinski definition) is 2. The summed E-state index contributed by atoms with van der Waals surface area (Å²) in [5.74, 6) is -0.182. The highest BCUT2D eigenvalue weighted by Crippen LogP contribution is 2.27. The summed E-state index contributed by atoms with van der Waals surface area (Å²) in [6.45, 7) is 0.753. The molecule has 0 fully saturated rings. The maximum Gasteiger partial charge on any atom is 0.336 e. The molecule has 4 rings (SSSR count). The molecule has 0 atom stereocenters. The summed E-state index contributed by atoms with van der Waals surface area (Å²) in [7, 11) is 0. The molecule has 0 aliphatic rings. The number of nitrogens with one attached hydrogen (secondary N) is 1. The van der Waals surface area contributed by atoms with Crippen molar-refractivity contribution in [3.05, 3.63) is 84.2 Å². The Morgan fingerprint density at radius 2 is 1.83 bits per heavy atom. The molecule has 0 aliphatic heterocycles. The van der Waals surface area contributed by atoms with Gasteiger partial charge < -0.3 is 10.4 Å². The molecule has 0 saturated carbocycles. The van der Waals surface area contributed by atoms with Crippen molar-refractivity contribution in [1.82, 2.24) is 9.97 Å². The molecule has 0 bridgehead atoms. The minimum atomic E-state index is -0.926. The van der Waals surface area contributed by atoms with Crippen molar-refractivity contribution in [2.45, 2.75) is 11.3 Å². The van der Waals surface area contributed by atoms with E-state index in [4.69, 9.17) is 0 Å². The molecule has 2 N–H and O–H groups in total. The van der Waals surface area contributed by atoms with E-state index in [1.165, 1.54) is 34.4 Å². The summed E-state index contributed by atoms with van der Waals surface area (Å²) in [6, 6.07) is 22.0. The molecule has 4 aromatic rings. The number of benzene rings is 3. The van der Waals surface area contributed by atoms with Gasteiger partial charge in [0, 0.05) is 23.1 Å². The largest absolute Gasteiger partial charge is 0.478 e. The molecule has 3 aromatic carbocycles. The van der Waals surface area contributed by atoms with Gasteiger partial charge in [-0.3, -0.25) is 0 Å². The summed E-state index contributed by atoms with van der Waals surface area (Å²) < 4.78 is 0. The number of anilines is 1. The van der Waals surface area contributed by atoms with E-state index >= 15 is 0 Å². The van der Waals surface area contributed by atoms with E-state index < -0.39 is 5.97 Å². The van der Waals surface area contributed by atoms with Gasteiger partial charge in [-0.05, 0) is 41.1 Å². The van der Waals surface area contributed by atoms with Crippen LogP contribution in [0.1, 0.15) is 15.9 Å². The maximum absolute atomic E-state index is 11.3. The molecule has 1 aromatic heterocycles. The van der Waals surface area contributed by atoms with E-state index in [2.05, 4.69) is 51.7 Å². The number of carboxylic acids is 1. The van der Waals surface area contributed by atoms with Crippen LogP contribution in [0.2, 0.25) is 0 Å². The lowest BCUT2D eigenvalue weighted by atomic mass is 10.1. The number of carbonyl (C=O) groups is 1. The summed E-state index contributed by atoms with van der Waals surface area (Å²) >= 11 is 1.41. The fourth-order valence-electron chi connectivity index (χ4n) is 3.37. The molecule has 6 heteroatoms. The molecular weight excluding hydrogens is 394 g/mol. The van der Waals surface area contributed by atoms with E-state index in [0.29, 0.717) is 10.5 Å². The average Bonchev–Trinajstić information content (AvgIpc) is 2.78. The molecule has 0 aliphatic carbocycles. The highest BCUT2D eigenvalue weighted by molar-refractivity contribution is 7.98. The molecule has 30 heavy (non-hydrogen) atoms. The van der Waals surface area contributed by atoms with Gasteiger partial charge in [-0.2, -0.15) is 0 Å². The minimum absolute atomic E-state index is 0.300. The van der Waals surface area contributed by atoms with Crippen LogP contribution in [0.3, 0.4) is 0 Å². The molecule has 0 saturated heterocycles. The monoisotopic (exact) mass is 415 g/mol. The van der Waals surface area contributed by atoms with Gasteiger partial charge >= 0.3 is 5.97 Å². The first-order valence-electron chi connectivity index (χ1n) is 9.59. The third-order valence-electron chi connectivity index (χ3n) is 4.93. The number of aromatic nitrogens is 2. The van der Waals surface area contributed by atoms with Crippen LogP contribution >= 0.6 is 11.8 Å². The Morgan fingerprint density at radius 1 is 1.00 bits per heavy atom. The zero-order valence-corrected chi connectivity index (χ0v) is 17.3. The van der Waals surface area contributed by atoms with Crippen molar-refractivity contribution in [3.8, 4) is 11.3 Å². The highest BCUT2D eigenvalue weighted by Gasteiger charge is 2.11. The highest BCUT2D eigenvalue weighted by atomic mass is 32.2. The van der Waals surface area contributed by atoms with Crippen LogP contribution in [-0.4, -0.2) is 33.8 Å². The van der Waals surface area contributed by atoms with Crippen molar-refractivity contribution in [3.63, 3.8) is 0 Å². The van der Waals surface area contributed by atoms with E-state index in [-0.39, 0.29) is 0 Å². The van der Waals surface area contributed by atoms with E-state index in [1.807, 2.05) is 24.5 Å². The Balaban J connectivity index is 1.46. The zero-order chi connectivity index (χ0) is 20.9. The first-order chi connectivity index (χ1) is 14.6. The first kappa shape index (κ1) is 19.9. The van der Waals surface area contributed by atoms with Gasteiger partial charge in [0.15, 0.2) is 0 Å². The first-order valence-corrected chi connectivity index (χ1v) is 10.8. The number of thioether (sulfide) groups is 1. The second-order valence-corrected chi connectivity index (χ2v) is 7.72. The number of nitrogens with zero attached hydrogens (tertiary/aromatic N) is 2. The van der Waals surface area contributed by atoms with E-state index in [1.54, 1.807) is 12.1 Å². The third kappa shape index (κ3) is 4.44. The van der Waals surface area contributed by atoms with Gasteiger partial charge in [0.05, 0.1) is 11.3 Å². The number of aromatic carboxylic acids is 1. The van der Waals surface area contributed by atoms with Gasteiger partial charge in [0.1, 0.15) is 12.1 Å².